The molecule has 2 rings (SSSR count). The van der Waals surface area contributed by atoms with Crippen LogP contribution in [0.2, 0.25) is 0 Å². The Kier molecular flexibility index (Phi) is 5.45. The van der Waals surface area contributed by atoms with E-state index < -0.39 is 11.5 Å². The smallest absolute Gasteiger partial charge is 0.329 e. The first-order valence-electron chi connectivity index (χ1n) is 7.95. The van der Waals surface area contributed by atoms with Gasteiger partial charge in [0.25, 0.3) is 0 Å². The van der Waals surface area contributed by atoms with Crippen LogP contribution in [0.25, 0.3) is 0 Å². The highest BCUT2D eigenvalue weighted by molar-refractivity contribution is 5.86. The molecule has 2 fully saturated rings. The van der Waals surface area contributed by atoms with Crippen molar-refractivity contribution in [3.63, 3.8) is 0 Å². The number of amides is 2. The molecule has 1 heterocycles. The topological polar surface area (TPSA) is 87.7 Å². The summed E-state index contributed by atoms with van der Waals surface area (Å²) in [7, 11) is 0. The molecule has 0 bridgehead atoms. The first-order chi connectivity index (χ1) is 10.1. The van der Waals surface area contributed by atoms with Crippen LogP contribution in [0.4, 0.5) is 4.79 Å². The number of hydrogen-bond donors (Lipinski definition) is 3. The van der Waals surface area contributed by atoms with Gasteiger partial charge < -0.3 is 20.5 Å². The van der Waals surface area contributed by atoms with Crippen molar-refractivity contribution in [3.8, 4) is 0 Å². The second kappa shape index (κ2) is 7.11. The number of carboxylic acid groups (broad SMARTS) is 1. The first-order valence-corrected chi connectivity index (χ1v) is 7.95. The zero-order chi connectivity index (χ0) is 15.3. The Labute approximate surface area is 125 Å². The van der Waals surface area contributed by atoms with Gasteiger partial charge in [-0.2, -0.15) is 0 Å². The summed E-state index contributed by atoms with van der Waals surface area (Å²) in [5, 5.41) is 15.0. The molecule has 0 spiro atoms. The minimum atomic E-state index is -1.18. The molecule has 1 aliphatic heterocycles. The van der Waals surface area contributed by atoms with E-state index in [2.05, 4.69) is 17.6 Å². The Morgan fingerprint density at radius 3 is 2.33 bits per heavy atom. The molecule has 2 amide bonds. The Hall–Kier alpha value is -1.30. The van der Waals surface area contributed by atoms with Crippen molar-refractivity contribution in [2.45, 2.75) is 63.5 Å². The second-order valence-corrected chi connectivity index (χ2v) is 6.22. The number of ether oxygens (including phenoxy) is 1. The van der Waals surface area contributed by atoms with E-state index in [1.165, 1.54) is 6.42 Å². The van der Waals surface area contributed by atoms with Gasteiger partial charge in [0, 0.05) is 32.1 Å². The fourth-order valence-electron chi connectivity index (χ4n) is 3.27. The summed E-state index contributed by atoms with van der Waals surface area (Å²) in [4.78, 5) is 23.6. The number of urea groups is 1. The van der Waals surface area contributed by atoms with Gasteiger partial charge in [-0.05, 0) is 31.6 Å². The van der Waals surface area contributed by atoms with Gasteiger partial charge in [-0.25, -0.2) is 9.59 Å². The highest BCUT2D eigenvalue weighted by Gasteiger charge is 2.41. The van der Waals surface area contributed by atoms with Crippen molar-refractivity contribution < 1.29 is 19.4 Å². The fraction of sp³-hybridized carbons (Fsp3) is 0.867. The lowest BCUT2D eigenvalue weighted by molar-refractivity contribution is -0.148. The molecule has 0 aromatic rings. The molecule has 6 nitrogen and oxygen atoms in total. The zero-order valence-corrected chi connectivity index (χ0v) is 12.7. The van der Waals surface area contributed by atoms with E-state index >= 15 is 0 Å². The van der Waals surface area contributed by atoms with Gasteiger partial charge in [-0.15, -0.1) is 0 Å². The molecule has 1 saturated carbocycles. The molecule has 6 heteroatoms. The van der Waals surface area contributed by atoms with Crippen molar-refractivity contribution >= 4 is 12.0 Å². The molecule has 21 heavy (non-hydrogen) atoms. The predicted octanol–water partition coefficient (Wildman–Crippen LogP) is 1.89. The van der Waals surface area contributed by atoms with Crippen LogP contribution < -0.4 is 10.6 Å². The van der Waals surface area contributed by atoms with Crippen molar-refractivity contribution in [3.05, 3.63) is 0 Å². The normalized spacial score (nSPS) is 28.6. The van der Waals surface area contributed by atoms with E-state index in [1.807, 2.05) is 0 Å². The van der Waals surface area contributed by atoms with Crippen molar-refractivity contribution in [2.24, 2.45) is 5.92 Å². The van der Waals surface area contributed by atoms with Crippen molar-refractivity contribution in [1.82, 2.24) is 10.6 Å². The quantitative estimate of drug-likeness (QED) is 0.739. The van der Waals surface area contributed by atoms with Gasteiger partial charge in [0.15, 0.2) is 0 Å². The Bertz CT molecular complexity index is 372. The van der Waals surface area contributed by atoms with Gasteiger partial charge in [-0.1, -0.05) is 13.3 Å². The maximum atomic E-state index is 12.1. The number of carboxylic acids is 1. The van der Waals surface area contributed by atoms with Crippen LogP contribution >= 0.6 is 0 Å². The molecule has 0 unspecified atom stereocenters. The van der Waals surface area contributed by atoms with E-state index in [-0.39, 0.29) is 12.1 Å². The molecule has 1 saturated heterocycles. The average Bonchev–Trinajstić information content (AvgIpc) is 2.48. The SMILES string of the molecule is CCC1CCC(NC(=O)NC2(C(=O)O)CCOCC2)CC1. The minimum absolute atomic E-state index is 0.165. The minimum Gasteiger partial charge on any atom is -0.480 e. The van der Waals surface area contributed by atoms with Crippen LogP contribution in [-0.2, 0) is 9.53 Å². The second-order valence-electron chi connectivity index (χ2n) is 6.22. The third-order valence-corrected chi connectivity index (χ3v) is 4.87. The summed E-state index contributed by atoms with van der Waals surface area (Å²) in [5.74, 6) is -0.206. The van der Waals surface area contributed by atoms with E-state index in [0.717, 1.165) is 31.6 Å². The summed E-state index contributed by atoms with van der Waals surface area (Å²) in [6, 6.07) is -0.197. The third-order valence-electron chi connectivity index (χ3n) is 4.87. The molecule has 120 valence electrons. The largest absolute Gasteiger partial charge is 0.480 e. The summed E-state index contributed by atoms with van der Waals surface area (Å²) in [5.41, 5.74) is -1.18. The van der Waals surface area contributed by atoms with Crippen molar-refractivity contribution in [1.29, 1.82) is 0 Å². The van der Waals surface area contributed by atoms with Crippen LogP contribution in [0.1, 0.15) is 51.9 Å². The Morgan fingerprint density at radius 1 is 1.19 bits per heavy atom. The molecular weight excluding hydrogens is 272 g/mol. The molecule has 2 aliphatic rings. The number of hydrogen-bond acceptors (Lipinski definition) is 3. The van der Waals surface area contributed by atoms with Gasteiger partial charge in [0.2, 0.25) is 0 Å². The van der Waals surface area contributed by atoms with Gasteiger partial charge >= 0.3 is 12.0 Å². The Balaban J connectivity index is 1.84. The summed E-state index contributed by atoms with van der Waals surface area (Å²) in [6.45, 7) is 2.94. The van der Waals surface area contributed by atoms with Gasteiger partial charge in [-0.3, -0.25) is 0 Å². The van der Waals surface area contributed by atoms with Gasteiger partial charge in [0.1, 0.15) is 5.54 Å². The predicted molar refractivity (Wildman–Crippen MR) is 78.1 cm³/mol. The average molecular weight is 298 g/mol. The fourth-order valence-corrected chi connectivity index (χ4v) is 3.27. The molecule has 0 radical (unpaired) electrons. The van der Waals surface area contributed by atoms with E-state index in [1.54, 1.807) is 0 Å². The number of nitrogens with one attached hydrogen (secondary N) is 2. The van der Waals surface area contributed by atoms with Crippen LogP contribution in [0, 0.1) is 5.92 Å². The van der Waals surface area contributed by atoms with E-state index in [9.17, 15) is 14.7 Å². The lowest BCUT2D eigenvalue weighted by Gasteiger charge is -2.35. The molecule has 1 aliphatic carbocycles. The number of rotatable bonds is 4. The number of aliphatic carboxylic acids is 1. The summed E-state index contributed by atoms with van der Waals surface area (Å²) >= 11 is 0. The molecule has 0 atom stereocenters. The van der Waals surface area contributed by atoms with Crippen LogP contribution in [0.3, 0.4) is 0 Å². The zero-order valence-electron chi connectivity index (χ0n) is 12.7. The number of carbonyl (C=O) groups is 2. The highest BCUT2D eigenvalue weighted by Crippen LogP contribution is 2.26. The standard InChI is InChI=1S/C15H26N2O4/c1-2-11-3-5-12(6-4-11)16-14(20)17-15(13(18)19)7-9-21-10-8-15/h11-12H,2-10H2,1H3,(H,18,19)(H2,16,17,20). The lowest BCUT2D eigenvalue weighted by atomic mass is 9.84. The molecular formula is C15H26N2O4. The molecule has 0 aromatic carbocycles. The van der Waals surface area contributed by atoms with Crippen LogP contribution in [0.5, 0.6) is 0 Å². The van der Waals surface area contributed by atoms with Crippen LogP contribution in [-0.4, -0.2) is 41.9 Å². The van der Waals surface area contributed by atoms with Gasteiger partial charge in [0.05, 0.1) is 0 Å². The Morgan fingerprint density at radius 2 is 1.81 bits per heavy atom. The van der Waals surface area contributed by atoms with E-state index in [0.29, 0.717) is 26.1 Å². The number of carbonyl (C=O) groups excluding carboxylic acids is 1. The third kappa shape index (κ3) is 4.09. The highest BCUT2D eigenvalue weighted by atomic mass is 16.5. The maximum absolute atomic E-state index is 12.1. The van der Waals surface area contributed by atoms with Crippen molar-refractivity contribution in [2.75, 3.05) is 13.2 Å². The molecule has 0 aromatic heterocycles. The summed E-state index contributed by atoms with van der Waals surface area (Å²) < 4.78 is 5.20. The monoisotopic (exact) mass is 298 g/mol. The lowest BCUT2D eigenvalue weighted by Crippen LogP contribution is -2.60. The maximum Gasteiger partial charge on any atom is 0.329 e. The van der Waals surface area contributed by atoms with Crippen LogP contribution in [0.15, 0.2) is 0 Å². The summed E-state index contributed by atoms with van der Waals surface area (Å²) in [6.07, 6.45) is 6.07. The van der Waals surface area contributed by atoms with E-state index in [4.69, 9.17) is 4.74 Å². The molecule has 3 N–H and O–H groups in total. The first kappa shape index (κ1) is 16.1.